The molecule has 0 saturated heterocycles. The van der Waals surface area contributed by atoms with Crippen LogP contribution in [0.25, 0.3) is 0 Å². The van der Waals surface area contributed by atoms with Crippen molar-refractivity contribution in [3.8, 4) is 0 Å². The summed E-state index contributed by atoms with van der Waals surface area (Å²) in [4.78, 5) is 37.9. The lowest BCUT2D eigenvalue weighted by Gasteiger charge is -2.18. The van der Waals surface area contributed by atoms with E-state index in [4.69, 9.17) is 14.2 Å². The van der Waals surface area contributed by atoms with Crippen LogP contribution >= 0.6 is 0 Å². The van der Waals surface area contributed by atoms with Crippen molar-refractivity contribution < 1.29 is 28.6 Å². The molecule has 0 amide bonds. The largest absolute Gasteiger partial charge is 0.462 e. The number of esters is 3. The Labute approximate surface area is 374 Å². The molecule has 6 heteroatoms. The second-order valence-electron chi connectivity index (χ2n) is 19.0. The highest BCUT2D eigenvalue weighted by Gasteiger charge is 2.19. The molecule has 0 bridgehead atoms. The molecule has 0 radical (unpaired) electrons. The first-order valence-corrected chi connectivity index (χ1v) is 26.8. The van der Waals surface area contributed by atoms with Gasteiger partial charge in [-0.1, -0.05) is 259 Å². The topological polar surface area (TPSA) is 78.9 Å². The van der Waals surface area contributed by atoms with E-state index in [1.807, 2.05) is 0 Å². The van der Waals surface area contributed by atoms with Gasteiger partial charge in [0, 0.05) is 19.3 Å². The van der Waals surface area contributed by atoms with Crippen molar-refractivity contribution in [3.63, 3.8) is 0 Å². The first-order valence-electron chi connectivity index (χ1n) is 26.8. The maximum Gasteiger partial charge on any atom is 0.306 e. The zero-order valence-corrected chi connectivity index (χ0v) is 41.1. The van der Waals surface area contributed by atoms with Gasteiger partial charge in [0.2, 0.25) is 0 Å². The lowest BCUT2D eigenvalue weighted by Crippen LogP contribution is -2.30. The number of hydrogen-bond acceptors (Lipinski definition) is 6. The molecule has 0 aliphatic rings. The quantitative estimate of drug-likeness (QED) is 0.0345. The standard InChI is InChI=1S/C54H104O6/c1-6-9-10-11-12-13-14-15-19-22-25-28-34-39-44-52(55)58-47-51(60-54(57)46-41-36-31-30-33-38-43-50(5)8-3)48-59-53(56)45-40-35-29-26-23-20-17-16-18-21-24-27-32-37-42-49(4)7-2/h49-51H,6-48H2,1-5H3/t49?,50?,51-/m0/s1. The molecule has 0 heterocycles. The fourth-order valence-electron chi connectivity index (χ4n) is 8.10. The Bertz CT molecular complexity index is 920. The van der Waals surface area contributed by atoms with E-state index >= 15 is 0 Å². The van der Waals surface area contributed by atoms with E-state index in [1.165, 1.54) is 186 Å². The summed E-state index contributed by atoms with van der Waals surface area (Å²) in [7, 11) is 0. The fraction of sp³-hybridized carbons (Fsp3) is 0.944. The van der Waals surface area contributed by atoms with Crippen molar-refractivity contribution in [3.05, 3.63) is 0 Å². The minimum absolute atomic E-state index is 0.0643. The van der Waals surface area contributed by atoms with Crippen LogP contribution in [0.5, 0.6) is 0 Å². The van der Waals surface area contributed by atoms with Gasteiger partial charge in [-0.3, -0.25) is 14.4 Å². The maximum atomic E-state index is 12.8. The smallest absolute Gasteiger partial charge is 0.306 e. The third-order valence-electron chi connectivity index (χ3n) is 12.9. The van der Waals surface area contributed by atoms with Gasteiger partial charge in [-0.25, -0.2) is 0 Å². The highest BCUT2D eigenvalue weighted by molar-refractivity contribution is 5.71. The molecule has 0 aliphatic heterocycles. The summed E-state index contributed by atoms with van der Waals surface area (Å²) in [5, 5.41) is 0. The van der Waals surface area contributed by atoms with Gasteiger partial charge in [-0.05, 0) is 31.1 Å². The Balaban J connectivity index is 4.25. The lowest BCUT2D eigenvalue weighted by molar-refractivity contribution is -0.167. The molecular formula is C54H104O6. The molecule has 6 nitrogen and oxygen atoms in total. The number of ether oxygens (including phenoxy) is 3. The van der Waals surface area contributed by atoms with Gasteiger partial charge in [0.1, 0.15) is 13.2 Å². The molecule has 60 heavy (non-hydrogen) atoms. The van der Waals surface area contributed by atoms with Crippen LogP contribution in [0.15, 0.2) is 0 Å². The van der Waals surface area contributed by atoms with E-state index < -0.39 is 6.10 Å². The van der Waals surface area contributed by atoms with Crippen molar-refractivity contribution in [2.75, 3.05) is 13.2 Å². The Morgan fingerprint density at radius 1 is 0.333 bits per heavy atom. The summed E-state index contributed by atoms with van der Waals surface area (Å²) in [6, 6.07) is 0. The molecule has 0 spiro atoms. The molecule has 0 rings (SSSR count). The van der Waals surface area contributed by atoms with Gasteiger partial charge < -0.3 is 14.2 Å². The Morgan fingerprint density at radius 3 is 0.867 bits per heavy atom. The molecule has 0 aromatic rings. The van der Waals surface area contributed by atoms with Crippen LogP contribution in [0.1, 0.15) is 298 Å². The highest BCUT2D eigenvalue weighted by Crippen LogP contribution is 2.18. The number of rotatable bonds is 48. The van der Waals surface area contributed by atoms with Gasteiger partial charge in [-0.2, -0.15) is 0 Å². The van der Waals surface area contributed by atoms with Crippen molar-refractivity contribution in [2.45, 2.75) is 304 Å². The summed E-state index contributed by atoms with van der Waals surface area (Å²) in [6.07, 6.45) is 48.0. The number of carbonyl (C=O) groups excluding carboxylic acids is 3. The first-order chi connectivity index (χ1) is 29.3. The van der Waals surface area contributed by atoms with Crippen LogP contribution in [0, 0.1) is 11.8 Å². The molecule has 0 N–H and O–H groups in total. The Kier molecular flexibility index (Phi) is 45.7. The van der Waals surface area contributed by atoms with Gasteiger partial charge in [0.25, 0.3) is 0 Å². The van der Waals surface area contributed by atoms with Crippen molar-refractivity contribution in [1.29, 1.82) is 0 Å². The van der Waals surface area contributed by atoms with Crippen LogP contribution in [0.4, 0.5) is 0 Å². The van der Waals surface area contributed by atoms with E-state index in [9.17, 15) is 14.4 Å². The Hall–Kier alpha value is -1.59. The molecule has 0 aromatic carbocycles. The molecular weight excluding hydrogens is 745 g/mol. The first kappa shape index (κ1) is 58.4. The average Bonchev–Trinajstić information content (AvgIpc) is 3.25. The van der Waals surface area contributed by atoms with Gasteiger partial charge in [0.05, 0.1) is 0 Å². The lowest BCUT2D eigenvalue weighted by atomic mass is 9.99. The minimum Gasteiger partial charge on any atom is -0.462 e. The normalized spacial score (nSPS) is 12.9. The molecule has 3 atom stereocenters. The van der Waals surface area contributed by atoms with E-state index in [1.54, 1.807) is 0 Å². The van der Waals surface area contributed by atoms with E-state index in [2.05, 4.69) is 34.6 Å². The van der Waals surface area contributed by atoms with Crippen molar-refractivity contribution in [1.82, 2.24) is 0 Å². The summed E-state index contributed by atoms with van der Waals surface area (Å²) in [5.74, 6) is 0.856. The van der Waals surface area contributed by atoms with Crippen molar-refractivity contribution in [2.24, 2.45) is 11.8 Å². The zero-order chi connectivity index (χ0) is 44.0. The zero-order valence-electron chi connectivity index (χ0n) is 41.1. The molecule has 0 aliphatic carbocycles. The number of unbranched alkanes of at least 4 members (excludes halogenated alkanes) is 31. The third-order valence-corrected chi connectivity index (χ3v) is 12.9. The maximum absolute atomic E-state index is 12.8. The van der Waals surface area contributed by atoms with Crippen LogP contribution < -0.4 is 0 Å². The van der Waals surface area contributed by atoms with E-state index in [0.717, 1.165) is 69.6 Å². The minimum atomic E-state index is -0.762. The molecule has 0 aromatic heterocycles. The van der Waals surface area contributed by atoms with Crippen LogP contribution in [-0.4, -0.2) is 37.2 Å². The number of carbonyl (C=O) groups is 3. The number of hydrogen-bond donors (Lipinski definition) is 0. The molecule has 0 saturated carbocycles. The van der Waals surface area contributed by atoms with Crippen LogP contribution in [0.3, 0.4) is 0 Å². The summed E-state index contributed by atoms with van der Waals surface area (Å²) < 4.78 is 16.8. The predicted molar refractivity (Wildman–Crippen MR) is 256 cm³/mol. The Morgan fingerprint density at radius 2 is 0.583 bits per heavy atom. The summed E-state index contributed by atoms with van der Waals surface area (Å²) >= 11 is 0. The fourth-order valence-corrected chi connectivity index (χ4v) is 8.10. The monoisotopic (exact) mass is 849 g/mol. The molecule has 356 valence electrons. The van der Waals surface area contributed by atoms with Gasteiger partial charge in [0.15, 0.2) is 6.10 Å². The van der Waals surface area contributed by atoms with Crippen molar-refractivity contribution >= 4 is 17.9 Å². The van der Waals surface area contributed by atoms with Crippen LogP contribution in [0.2, 0.25) is 0 Å². The summed E-state index contributed by atoms with van der Waals surface area (Å²) in [5.41, 5.74) is 0. The van der Waals surface area contributed by atoms with E-state index in [0.29, 0.717) is 19.3 Å². The molecule has 2 unspecified atom stereocenters. The predicted octanol–water partition coefficient (Wildman–Crippen LogP) is 17.3. The van der Waals surface area contributed by atoms with E-state index in [-0.39, 0.29) is 31.1 Å². The average molecular weight is 849 g/mol. The second-order valence-corrected chi connectivity index (χ2v) is 19.0. The highest BCUT2D eigenvalue weighted by atomic mass is 16.6. The third kappa shape index (κ3) is 44.5. The second kappa shape index (κ2) is 46.9. The SMILES string of the molecule is CCCCCCCCCCCCCCCCC(=O)OC[C@@H](COC(=O)CCCCCCCCCCCCCCCCC(C)CC)OC(=O)CCCCCCCCC(C)CC. The van der Waals surface area contributed by atoms with Gasteiger partial charge >= 0.3 is 17.9 Å². The molecule has 0 fully saturated rings. The van der Waals surface area contributed by atoms with Gasteiger partial charge in [-0.15, -0.1) is 0 Å². The van der Waals surface area contributed by atoms with Crippen LogP contribution in [-0.2, 0) is 28.6 Å². The summed E-state index contributed by atoms with van der Waals surface area (Å²) in [6.45, 7) is 11.4.